The summed E-state index contributed by atoms with van der Waals surface area (Å²) in [5.74, 6) is -4.04. The average Bonchev–Trinajstić information content (AvgIpc) is 0.838. The average molecular weight is 1800 g/mol. The molecule has 45 heteroatoms. The van der Waals surface area contributed by atoms with E-state index in [2.05, 4.69) is 58.2 Å². The number of carboxylic acid groups (broad SMARTS) is 3. The van der Waals surface area contributed by atoms with Crippen LogP contribution in [0.4, 0.5) is 19.2 Å². The van der Waals surface area contributed by atoms with Crippen LogP contribution in [0.3, 0.4) is 0 Å². The van der Waals surface area contributed by atoms with Gasteiger partial charge in [0.2, 0.25) is 35.4 Å². The Kier molecular flexibility index (Phi) is 48.6. The van der Waals surface area contributed by atoms with E-state index in [0.29, 0.717) is 148 Å². The number of unbranched alkanes of at least 4 members (excludes halogenated alkanes) is 4. The third kappa shape index (κ3) is 43.2. The number of carboxylic acids is 3. The number of urea groups is 1. The van der Waals surface area contributed by atoms with Crippen LogP contribution < -0.4 is 57.3 Å². The van der Waals surface area contributed by atoms with Gasteiger partial charge in [-0.2, -0.15) is 20.2 Å². The van der Waals surface area contributed by atoms with Crippen LogP contribution in [-0.4, -0.2) is 342 Å². The Morgan fingerprint density at radius 1 is 0.589 bits per heavy atom. The van der Waals surface area contributed by atoms with Crippen molar-refractivity contribution in [3.63, 3.8) is 0 Å². The number of carbonyl (C=O) groups excluding carboxylic acids is 8. The molecule has 0 spiro atoms. The minimum Gasteiger partial charge on any atom is -0.493 e. The van der Waals surface area contributed by atoms with Gasteiger partial charge in [-0.05, 0) is 114 Å². The number of nitrogens with zero attached hydrogens (tertiary/aromatic N) is 8. The quantitative estimate of drug-likeness (QED) is 0.0125. The summed E-state index contributed by atoms with van der Waals surface area (Å²) in [6, 6.07) is 6.95. The second-order valence-corrected chi connectivity index (χ2v) is 32.6. The number of nitro groups is 1. The number of methoxy groups -OCH3 is 1. The Labute approximate surface area is 725 Å². The van der Waals surface area contributed by atoms with Crippen molar-refractivity contribution in [3.05, 3.63) is 69.5 Å². The van der Waals surface area contributed by atoms with Gasteiger partial charge in [-0.1, -0.05) is 23.8 Å². The number of hydrogen-bond acceptors (Lipinski definition) is 29. The zero-order valence-corrected chi connectivity index (χ0v) is 72.4. The molecule has 9 amide bonds. The van der Waals surface area contributed by atoms with E-state index in [1.165, 1.54) is 44.4 Å². The summed E-state index contributed by atoms with van der Waals surface area (Å²) in [4.78, 5) is 156. The first-order valence-corrected chi connectivity index (χ1v) is 44.6. The highest BCUT2D eigenvalue weighted by atomic mass is 32.3. The molecule has 4 heterocycles. The maximum Gasteiger partial charge on any atom is 0.407 e. The van der Waals surface area contributed by atoms with Crippen molar-refractivity contribution in [1.82, 2.24) is 82.4 Å². The molecule has 1 aromatic heterocycles. The molecule has 6 rings (SSSR count). The highest BCUT2D eigenvalue weighted by Gasteiger charge is 2.42. The molecule has 3 aromatic rings. The summed E-state index contributed by atoms with van der Waals surface area (Å²) in [7, 11) is -3.49. The second-order valence-electron chi connectivity index (χ2n) is 30.0. The number of alkyl carbamates (subject to hydrolysis) is 1. The van der Waals surface area contributed by atoms with E-state index in [-0.39, 0.29) is 202 Å². The van der Waals surface area contributed by atoms with Crippen molar-refractivity contribution in [3.8, 4) is 11.5 Å². The van der Waals surface area contributed by atoms with Crippen LogP contribution in [0.1, 0.15) is 133 Å². The smallest absolute Gasteiger partial charge is 0.407 e. The first-order valence-electron chi connectivity index (χ1n) is 42.2. The van der Waals surface area contributed by atoms with Crippen molar-refractivity contribution in [2.75, 3.05) is 190 Å². The van der Waals surface area contributed by atoms with Gasteiger partial charge in [0.05, 0.1) is 132 Å². The molecular weight excluding hydrogens is 1670 g/mol. The van der Waals surface area contributed by atoms with Gasteiger partial charge >= 0.3 is 40.3 Å². The van der Waals surface area contributed by atoms with Gasteiger partial charge in [0.1, 0.15) is 12.1 Å². The third-order valence-corrected chi connectivity index (χ3v) is 22.6. The van der Waals surface area contributed by atoms with Crippen LogP contribution in [0.25, 0.3) is 0 Å². The minimum atomic E-state index is -4.81. The van der Waals surface area contributed by atoms with Gasteiger partial charge in [0.25, 0.3) is 5.69 Å². The number of rotatable bonds is 62. The highest BCUT2D eigenvalue weighted by molar-refractivity contribution is 8.00. The summed E-state index contributed by atoms with van der Waals surface area (Å²) in [6.45, 7) is 5.88. The molecule has 0 saturated carbocycles. The number of nitro benzene ring substituents is 1. The Hall–Kier alpha value is -9.74. The Bertz CT molecular complexity index is 3920. The number of ether oxygens (including phenoxy) is 7. The van der Waals surface area contributed by atoms with E-state index in [4.69, 9.17) is 33.2 Å². The zero-order valence-electron chi connectivity index (χ0n) is 70.8. The first-order chi connectivity index (χ1) is 59.6. The number of carbonyl (C=O) groups is 11. The van der Waals surface area contributed by atoms with Crippen molar-refractivity contribution in [2.24, 2.45) is 0 Å². The number of benzene rings is 2. The van der Waals surface area contributed by atoms with E-state index >= 15 is 0 Å². The summed E-state index contributed by atoms with van der Waals surface area (Å²) >= 11 is 1.87. The van der Waals surface area contributed by atoms with Gasteiger partial charge < -0.3 is 96.3 Å². The van der Waals surface area contributed by atoms with Crippen molar-refractivity contribution >= 4 is 93.1 Å². The van der Waals surface area contributed by atoms with Crippen LogP contribution in [0, 0.1) is 10.1 Å². The maximum atomic E-state index is 14.1. The highest BCUT2D eigenvalue weighted by Crippen LogP contribution is 2.39. The molecule has 3 fully saturated rings. The van der Waals surface area contributed by atoms with Gasteiger partial charge in [-0.3, -0.25) is 77.5 Å². The van der Waals surface area contributed by atoms with E-state index in [1.807, 2.05) is 11.8 Å². The molecule has 12 N–H and O–H groups in total. The number of amides is 9. The number of halogens is 1. The number of nitrogens with one attached hydrogen (secondary N) is 9. The van der Waals surface area contributed by atoms with Crippen LogP contribution in [0.5, 0.6) is 11.5 Å². The third-order valence-electron chi connectivity index (χ3n) is 20.2. The Morgan fingerprint density at radius 2 is 1.12 bits per heavy atom. The van der Waals surface area contributed by atoms with Crippen molar-refractivity contribution in [2.45, 2.75) is 163 Å². The molecule has 3 saturated heterocycles. The Morgan fingerprint density at radius 3 is 1.70 bits per heavy atom. The summed E-state index contributed by atoms with van der Waals surface area (Å²) in [6.07, 6.45) is 8.10. The monoisotopic (exact) mass is 1790 g/mol. The Balaban J connectivity index is 0.845. The van der Waals surface area contributed by atoms with Crippen LogP contribution in [0.2, 0.25) is 0 Å². The summed E-state index contributed by atoms with van der Waals surface area (Å²) < 4.78 is 76.0. The molecule has 5 atom stereocenters. The van der Waals surface area contributed by atoms with E-state index < -0.39 is 73.7 Å². The van der Waals surface area contributed by atoms with Crippen LogP contribution in [0.15, 0.2) is 47.5 Å². The topological polar surface area (TPSA) is 542 Å². The fraction of sp³-hybridized carbons (Fsp3) is 0.684. The fourth-order valence-corrected chi connectivity index (χ4v) is 15.6. The first kappa shape index (κ1) is 103. The standard InChI is InChI=1S/C79H124FN17O25S2/c1-57(61-49-65(116-2)66(50-64(61)97(112)113)121-40-11-18-70(100)81-25-8-9-26-82-71(101)24-41-117-43-45-119-47-48-120-46-44-118-42-30-84-69(99)17-6-4-15-67-76-63(56-123-67)88-78(110)89-76)122-79(111)86-28-12-27-85-77(109)62(87-72(102)52-92-32-34-93(53-73(103)104)36-38-95(55-75(107)108)39-37-94(35-33-92)54-74(105)106)14-7-10-31-96-51-59(90-91-96)13-3-5-16-68(98)83-29-23-58-19-21-60(22-20-58)124(80,114)115/h19-22,49-51,57,62-63,67,76H,3-18,23-48,52-56H2,1-2H3,(H,81,100)(H,82,101)(H,83,98)(H,84,99)(H,85,109)(H,86,111)(H,87,102)(H,103,104)(H,105,106)(H,107,108)(H2,88,89,110)/t57?,62?,63-,67-,76-/m0/s1. The molecule has 3 aliphatic heterocycles. The lowest BCUT2D eigenvalue weighted by Crippen LogP contribution is -2.52. The molecule has 2 unspecified atom stereocenters. The molecule has 2 aromatic carbocycles. The second kappa shape index (κ2) is 58.5. The van der Waals surface area contributed by atoms with E-state index in [1.54, 1.807) is 30.5 Å². The molecule has 0 radical (unpaired) electrons. The number of aromatic nitrogens is 3. The predicted octanol–water partition coefficient (Wildman–Crippen LogP) is 1.52. The molecule has 0 aliphatic carbocycles. The fourth-order valence-electron chi connectivity index (χ4n) is 13.6. The lowest BCUT2D eigenvalue weighted by atomic mass is 10.0. The van der Waals surface area contributed by atoms with Crippen LogP contribution in [-0.2, 0) is 96.4 Å². The largest absolute Gasteiger partial charge is 0.493 e. The molecule has 694 valence electrons. The van der Waals surface area contributed by atoms with E-state index in [9.17, 15) is 90.5 Å². The maximum absolute atomic E-state index is 14.1. The van der Waals surface area contributed by atoms with Gasteiger partial charge in [-0.25, -0.2) is 9.59 Å². The SMILES string of the molecule is COc1cc(C(C)OC(=O)NCCCNC(=O)C(CCCCn2cc(CCCCC(=O)NCCc3ccc(S(=O)(=O)F)cc3)nn2)NC(=O)CN2CCN(CC(=O)O)CCN(CC(=O)O)CCN(CC(=O)O)CC2)c([N+](=O)[O-])cc1OCCCC(=O)NCCCCNC(=O)CCOCCOCCOCCOCCNC(=O)CCCC[C@@H]1SC[C@@H]2NC(=O)N[C@@H]21. The van der Waals surface area contributed by atoms with Gasteiger partial charge in [-0.15, -0.1) is 8.98 Å². The zero-order chi connectivity index (χ0) is 89.9. The summed E-state index contributed by atoms with van der Waals surface area (Å²) in [5, 5.41) is 75.8. The number of hydrogen-bond donors (Lipinski definition) is 12. The summed E-state index contributed by atoms with van der Waals surface area (Å²) in [5.41, 5.74) is 0.958. The minimum absolute atomic E-state index is 0.00611. The molecular formula is C79H124FN17O25S2. The lowest BCUT2D eigenvalue weighted by Gasteiger charge is -2.33. The van der Waals surface area contributed by atoms with E-state index in [0.717, 1.165) is 36.6 Å². The predicted molar refractivity (Wildman–Crippen MR) is 448 cm³/mol. The van der Waals surface area contributed by atoms with Crippen LogP contribution >= 0.6 is 11.8 Å². The normalized spacial score (nSPS) is 16.5. The number of aliphatic carboxylic acids is 3. The van der Waals surface area contributed by atoms with Gasteiger partial charge in [0.15, 0.2) is 11.5 Å². The molecule has 42 nitrogen and oxygen atoms in total. The van der Waals surface area contributed by atoms with Crippen molar-refractivity contribution < 1.29 is 118 Å². The number of aryl methyl sites for hydroxylation is 2. The van der Waals surface area contributed by atoms with Gasteiger partial charge in [0, 0.05) is 141 Å². The molecule has 124 heavy (non-hydrogen) atoms. The number of fused-ring (bicyclic) bond motifs is 1. The molecule has 3 aliphatic rings. The lowest BCUT2D eigenvalue weighted by molar-refractivity contribution is -0.386. The molecule has 0 bridgehead atoms. The van der Waals surface area contributed by atoms with Crippen molar-refractivity contribution in [1.29, 1.82) is 0 Å². The number of thioether (sulfide) groups is 1.